The predicted molar refractivity (Wildman–Crippen MR) is 64.6 cm³/mol. The predicted octanol–water partition coefficient (Wildman–Crippen LogP) is 1.13. The van der Waals surface area contributed by atoms with Gasteiger partial charge in [-0.1, -0.05) is 19.3 Å². The standard InChI is InChI=1S/C12H24N2O/c1-5-7-11(6-2)14-12(3,10-13)8-9-15-4/h2,11,14H,5,7-10,13H2,1,3-4H3. The van der Waals surface area contributed by atoms with Crippen LogP contribution >= 0.6 is 0 Å². The lowest BCUT2D eigenvalue weighted by molar-refractivity contribution is 0.158. The van der Waals surface area contributed by atoms with Gasteiger partial charge in [-0.2, -0.15) is 0 Å². The Bertz CT molecular complexity index is 200. The van der Waals surface area contributed by atoms with E-state index in [9.17, 15) is 0 Å². The van der Waals surface area contributed by atoms with Crippen LogP contribution in [0.3, 0.4) is 0 Å². The Morgan fingerprint density at radius 2 is 2.27 bits per heavy atom. The van der Waals surface area contributed by atoms with Gasteiger partial charge in [-0.15, -0.1) is 6.42 Å². The molecule has 2 unspecified atom stereocenters. The molecule has 88 valence electrons. The van der Waals surface area contributed by atoms with Crippen LogP contribution in [0.1, 0.15) is 33.1 Å². The quantitative estimate of drug-likeness (QED) is 0.593. The van der Waals surface area contributed by atoms with Crippen LogP contribution in [0.25, 0.3) is 0 Å². The molecule has 0 aromatic rings. The van der Waals surface area contributed by atoms with E-state index in [0.717, 1.165) is 19.3 Å². The molecule has 2 atom stereocenters. The second kappa shape index (κ2) is 7.70. The van der Waals surface area contributed by atoms with Gasteiger partial charge in [-0.05, 0) is 19.8 Å². The Morgan fingerprint density at radius 3 is 2.67 bits per heavy atom. The molecule has 0 rings (SSSR count). The number of terminal acetylenes is 1. The zero-order chi connectivity index (χ0) is 11.7. The summed E-state index contributed by atoms with van der Waals surface area (Å²) in [4.78, 5) is 0. The van der Waals surface area contributed by atoms with Gasteiger partial charge in [0.1, 0.15) is 0 Å². The van der Waals surface area contributed by atoms with E-state index in [4.69, 9.17) is 16.9 Å². The maximum atomic E-state index is 5.76. The van der Waals surface area contributed by atoms with Crippen LogP contribution in [0.2, 0.25) is 0 Å². The molecule has 0 heterocycles. The van der Waals surface area contributed by atoms with Crippen molar-refractivity contribution in [2.24, 2.45) is 5.73 Å². The average molecular weight is 212 g/mol. The molecule has 0 radical (unpaired) electrons. The molecule has 15 heavy (non-hydrogen) atoms. The lowest BCUT2D eigenvalue weighted by Gasteiger charge is -2.32. The molecular weight excluding hydrogens is 188 g/mol. The van der Waals surface area contributed by atoms with Gasteiger partial charge in [0.25, 0.3) is 0 Å². The molecule has 3 N–H and O–H groups in total. The third-order valence-corrected chi connectivity index (χ3v) is 2.61. The van der Waals surface area contributed by atoms with E-state index in [-0.39, 0.29) is 11.6 Å². The van der Waals surface area contributed by atoms with E-state index in [2.05, 4.69) is 25.1 Å². The number of rotatable bonds is 8. The van der Waals surface area contributed by atoms with Crippen molar-refractivity contribution in [1.29, 1.82) is 0 Å². The summed E-state index contributed by atoms with van der Waals surface area (Å²) in [7, 11) is 1.70. The first-order valence-corrected chi connectivity index (χ1v) is 5.54. The number of nitrogens with one attached hydrogen (secondary N) is 1. The molecule has 3 nitrogen and oxygen atoms in total. The van der Waals surface area contributed by atoms with Gasteiger partial charge < -0.3 is 10.5 Å². The number of hydrogen-bond acceptors (Lipinski definition) is 3. The summed E-state index contributed by atoms with van der Waals surface area (Å²) in [5.74, 6) is 2.76. The van der Waals surface area contributed by atoms with Crippen LogP contribution in [0, 0.1) is 12.3 Å². The Morgan fingerprint density at radius 1 is 1.60 bits per heavy atom. The van der Waals surface area contributed by atoms with Crippen LogP contribution in [0.4, 0.5) is 0 Å². The zero-order valence-corrected chi connectivity index (χ0v) is 10.2. The van der Waals surface area contributed by atoms with E-state index in [0.29, 0.717) is 13.2 Å². The lowest BCUT2D eigenvalue weighted by atomic mass is 9.96. The second-order valence-corrected chi connectivity index (χ2v) is 4.16. The SMILES string of the molecule is C#CC(CCC)NC(C)(CN)CCOC. The van der Waals surface area contributed by atoms with Gasteiger partial charge >= 0.3 is 0 Å². The Balaban J connectivity index is 4.20. The minimum absolute atomic E-state index is 0.111. The summed E-state index contributed by atoms with van der Waals surface area (Å²) in [5.41, 5.74) is 5.64. The summed E-state index contributed by atoms with van der Waals surface area (Å²) >= 11 is 0. The van der Waals surface area contributed by atoms with Gasteiger partial charge in [0, 0.05) is 25.8 Å². The van der Waals surface area contributed by atoms with E-state index in [1.54, 1.807) is 7.11 Å². The smallest absolute Gasteiger partial charge is 0.0691 e. The molecule has 3 heteroatoms. The first-order valence-electron chi connectivity index (χ1n) is 5.54. The average Bonchev–Trinajstić information content (AvgIpc) is 2.26. The van der Waals surface area contributed by atoms with Crippen molar-refractivity contribution in [1.82, 2.24) is 5.32 Å². The fourth-order valence-corrected chi connectivity index (χ4v) is 1.47. The highest BCUT2D eigenvalue weighted by molar-refractivity contribution is 5.02. The molecule has 0 aliphatic carbocycles. The van der Waals surface area contributed by atoms with Gasteiger partial charge in [-0.25, -0.2) is 0 Å². The maximum absolute atomic E-state index is 5.76. The van der Waals surface area contributed by atoms with Gasteiger partial charge in [0.2, 0.25) is 0 Å². The van der Waals surface area contributed by atoms with Gasteiger partial charge in [0.15, 0.2) is 0 Å². The second-order valence-electron chi connectivity index (χ2n) is 4.16. The van der Waals surface area contributed by atoms with Crippen LogP contribution in [0.5, 0.6) is 0 Å². The van der Waals surface area contributed by atoms with Crippen molar-refractivity contribution in [3.63, 3.8) is 0 Å². The van der Waals surface area contributed by atoms with Gasteiger partial charge in [0.05, 0.1) is 6.04 Å². The molecular formula is C12H24N2O. The first-order chi connectivity index (χ1) is 7.11. The molecule has 0 bridgehead atoms. The van der Waals surface area contributed by atoms with Crippen LogP contribution in [-0.4, -0.2) is 31.8 Å². The van der Waals surface area contributed by atoms with Crippen LogP contribution < -0.4 is 11.1 Å². The number of hydrogen-bond donors (Lipinski definition) is 2. The Labute approximate surface area is 93.8 Å². The van der Waals surface area contributed by atoms with Crippen molar-refractivity contribution in [2.45, 2.75) is 44.7 Å². The van der Waals surface area contributed by atoms with Crippen molar-refractivity contribution in [3.8, 4) is 12.3 Å². The molecule has 0 aliphatic heterocycles. The molecule has 0 aromatic heterocycles. The molecule has 0 saturated carbocycles. The minimum atomic E-state index is -0.123. The topological polar surface area (TPSA) is 47.3 Å². The first kappa shape index (κ1) is 14.4. The molecule has 0 amide bonds. The largest absolute Gasteiger partial charge is 0.385 e. The van der Waals surface area contributed by atoms with Crippen LogP contribution in [-0.2, 0) is 4.74 Å². The minimum Gasteiger partial charge on any atom is -0.385 e. The Kier molecular flexibility index (Phi) is 7.41. The molecule has 0 saturated heterocycles. The number of methoxy groups -OCH3 is 1. The Hall–Kier alpha value is -0.560. The highest BCUT2D eigenvalue weighted by Crippen LogP contribution is 2.10. The summed E-state index contributed by atoms with van der Waals surface area (Å²) in [6.45, 7) is 5.48. The van der Waals surface area contributed by atoms with Crippen LogP contribution in [0.15, 0.2) is 0 Å². The van der Waals surface area contributed by atoms with Crippen molar-refractivity contribution in [3.05, 3.63) is 0 Å². The fraction of sp³-hybridized carbons (Fsp3) is 0.833. The monoisotopic (exact) mass is 212 g/mol. The van der Waals surface area contributed by atoms with E-state index in [1.807, 2.05) is 0 Å². The molecule has 0 aromatic carbocycles. The zero-order valence-electron chi connectivity index (χ0n) is 10.2. The normalized spacial score (nSPS) is 16.7. The van der Waals surface area contributed by atoms with Crippen molar-refractivity contribution < 1.29 is 4.74 Å². The van der Waals surface area contributed by atoms with Crippen molar-refractivity contribution in [2.75, 3.05) is 20.3 Å². The highest BCUT2D eigenvalue weighted by Gasteiger charge is 2.24. The third-order valence-electron chi connectivity index (χ3n) is 2.61. The summed E-state index contributed by atoms with van der Waals surface area (Å²) in [5, 5.41) is 3.42. The summed E-state index contributed by atoms with van der Waals surface area (Å²) in [6, 6.07) is 0.111. The van der Waals surface area contributed by atoms with E-state index in [1.165, 1.54) is 0 Å². The van der Waals surface area contributed by atoms with E-state index >= 15 is 0 Å². The summed E-state index contributed by atoms with van der Waals surface area (Å²) in [6.07, 6.45) is 8.40. The fourth-order valence-electron chi connectivity index (χ4n) is 1.47. The number of ether oxygens (including phenoxy) is 1. The highest BCUT2D eigenvalue weighted by atomic mass is 16.5. The molecule has 0 spiro atoms. The van der Waals surface area contributed by atoms with E-state index < -0.39 is 0 Å². The maximum Gasteiger partial charge on any atom is 0.0691 e. The van der Waals surface area contributed by atoms with Crippen molar-refractivity contribution >= 4 is 0 Å². The molecule has 0 aliphatic rings. The lowest BCUT2D eigenvalue weighted by Crippen LogP contribution is -2.53. The summed E-state index contributed by atoms with van der Waals surface area (Å²) < 4.78 is 5.07. The molecule has 0 fully saturated rings. The van der Waals surface area contributed by atoms with Gasteiger partial charge in [-0.3, -0.25) is 5.32 Å². The number of nitrogens with two attached hydrogens (primary N) is 1. The third kappa shape index (κ3) is 5.78.